The summed E-state index contributed by atoms with van der Waals surface area (Å²) < 4.78 is 3.20. The Balaban J connectivity index is 1.75. The molecule has 2 aromatic rings. The average Bonchev–Trinajstić information content (AvgIpc) is 2.88. The van der Waals surface area contributed by atoms with Gasteiger partial charge in [-0.25, -0.2) is 4.98 Å². The van der Waals surface area contributed by atoms with Crippen LogP contribution in [-0.4, -0.2) is 9.55 Å². The van der Waals surface area contributed by atoms with E-state index in [1.54, 1.807) is 0 Å². The Morgan fingerprint density at radius 2 is 2.30 bits per heavy atom. The number of anilines is 1. The van der Waals surface area contributed by atoms with Crippen molar-refractivity contribution >= 4 is 21.6 Å². The third kappa shape index (κ3) is 2.70. The number of nitrogens with zero attached hydrogens (tertiary/aromatic N) is 3. The Morgan fingerprint density at radius 1 is 1.40 bits per heavy atom. The van der Waals surface area contributed by atoms with Crippen molar-refractivity contribution in [1.82, 2.24) is 9.55 Å². The summed E-state index contributed by atoms with van der Waals surface area (Å²) in [6, 6.07) is 7.81. The summed E-state index contributed by atoms with van der Waals surface area (Å²) in [5, 5.41) is 12.4. The maximum absolute atomic E-state index is 9.11. The lowest BCUT2D eigenvalue weighted by molar-refractivity contribution is 0.522. The summed E-state index contributed by atoms with van der Waals surface area (Å²) in [6.07, 6.45) is 5.65. The molecule has 0 radical (unpaired) electrons. The summed E-state index contributed by atoms with van der Waals surface area (Å²) >= 11 is 3.43. The minimum Gasteiger partial charge on any atom is -0.378 e. The normalized spacial score (nSPS) is 13.6. The molecule has 0 bridgehead atoms. The van der Waals surface area contributed by atoms with Crippen molar-refractivity contribution < 1.29 is 0 Å². The Labute approximate surface area is 126 Å². The van der Waals surface area contributed by atoms with Gasteiger partial charge in [0.15, 0.2) is 0 Å². The number of aryl methyl sites for hydroxylation is 2. The van der Waals surface area contributed by atoms with Crippen molar-refractivity contribution in [2.75, 3.05) is 5.32 Å². The van der Waals surface area contributed by atoms with Crippen molar-refractivity contribution in [2.24, 2.45) is 0 Å². The highest BCUT2D eigenvalue weighted by molar-refractivity contribution is 9.10. The van der Waals surface area contributed by atoms with E-state index in [1.807, 2.05) is 18.2 Å². The molecule has 1 N–H and O–H groups in total. The zero-order chi connectivity index (χ0) is 13.9. The molecule has 1 aliphatic rings. The van der Waals surface area contributed by atoms with Gasteiger partial charge in [-0.3, -0.25) is 0 Å². The average molecular weight is 331 g/mol. The van der Waals surface area contributed by atoms with Crippen molar-refractivity contribution in [1.29, 1.82) is 5.26 Å². The fourth-order valence-corrected chi connectivity index (χ4v) is 2.86. The van der Waals surface area contributed by atoms with Crippen LogP contribution in [0.1, 0.15) is 29.9 Å². The van der Waals surface area contributed by atoms with Crippen LogP contribution in [0.2, 0.25) is 0 Å². The summed E-state index contributed by atoms with van der Waals surface area (Å²) in [5.41, 5.74) is 2.52. The third-order valence-electron chi connectivity index (χ3n) is 3.52. The topological polar surface area (TPSA) is 53.6 Å². The first kappa shape index (κ1) is 13.2. The summed E-state index contributed by atoms with van der Waals surface area (Å²) in [4.78, 5) is 4.65. The number of nitriles is 1. The summed E-state index contributed by atoms with van der Waals surface area (Å²) in [5.74, 6) is 1.18. The Hall–Kier alpha value is -1.80. The van der Waals surface area contributed by atoms with Crippen LogP contribution in [0.5, 0.6) is 0 Å². The summed E-state index contributed by atoms with van der Waals surface area (Å²) in [6.45, 7) is 1.72. The van der Waals surface area contributed by atoms with E-state index >= 15 is 0 Å². The van der Waals surface area contributed by atoms with Gasteiger partial charge in [-0.2, -0.15) is 5.26 Å². The molecule has 0 saturated carbocycles. The zero-order valence-corrected chi connectivity index (χ0v) is 12.7. The molecule has 0 unspecified atom stereocenters. The fraction of sp³-hybridized carbons (Fsp3) is 0.333. The molecule has 3 rings (SSSR count). The number of hydrogen-bond acceptors (Lipinski definition) is 3. The fourth-order valence-electron chi connectivity index (χ4n) is 2.50. The number of rotatable bonds is 3. The van der Waals surface area contributed by atoms with Gasteiger partial charge >= 0.3 is 0 Å². The van der Waals surface area contributed by atoms with Crippen molar-refractivity contribution in [3.05, 3.63) is 46.0 Å². The minimum absolute atomic E-state index is 0.644. The SMILES string of the molecule is N#Cc1ccc(Br)cc1NCc1cn2c(n1)CCCC2. The van der Waals surface area contributed by atoms with Gasteiger partial charge in [-0.1, -0.05) is 15.9 Å². The molecule has 102 valence electrons. The van der Waals surface area contributed by atoms with Crippen molar-refractivity contribution in [3.8, 4) is 6.07 Å². The smallest absolute Gasteiger partial charge is 0.109 e. The Morgan fingerprint density at radius 3 is 3.10 bits per heavy atom. The van der Waals surface area contributed by atoms with Crippen molar-refractivity contribution in [3.63, 3.8) is 0 Å². The number of aromatic nitrogens is 2. The largest absolute Gasteiger partial charge is 0.378 e. The lowest BCUT2D eigenvalue weighted by Crippen LogP contribution is -2.08. The number of nitrogens with one attached hydrogen (secondary N) is 1. The van der Waals surface area contributed by atoms with Gasteiger partial charge in [0.25, 0.3) is 0 Å². The predicted molar refractivity (Wildman–Crippen MR) is 81.3 cm³/mol. The molecular weight excluding hydrogens is 316 g/mol. The van der Waals surface area contributed by atoms with E-state index in [0.717, 1.165) is 28.8 Å². The van der Waals surface area contributed by atoms with E-state index in [9.17, 15) is 0 Å². The van der Waals surface area contributed by atoms with Crippen LogP contribution in [-0.2, 0) is 19.5 Å². The van der Waals surface area contributed by atoms with Gasteiger partial charge in [-0.05, 0) is 31.0 Å². The number of halogens is 1. The molecule has 0 aliphatic carbocycles. The van der Waals surface area contributed by atoms with E-state index < -0.39 is 0 Å². The van der Waals surface area contributed by atoms with Gasteiger partial charge in [0.1, 0.15) is 11.9 Å². The molecule has 0 spiro atoms. The molecule has 4 nitrogen and oxygen atoms in total. The van der Waals surface area contributed by atoms with Crippen LogP contribution < -0.4 is 5.32 Å². The zero-order valence-electron chi connectivity index (χ0n) is 11.1. The van der Waals surface area contributed by atoms with Crippen LogP contribution >= 0.6 is 15.9 Å². The van der Waals surface area contributed by atoms with E-state index in [-0.39, 0.29) is 0 Å². The lowest BCUT2D eigenvalue weighted by atomic mass is 10.2. The minimum atomic E-state index is 0.644. The highest BCUT2D eigenvalue weighted by Crippen LogP contribution is 2.22. The number of hydrogen-bond donors (Lipinski definition) is 1. The highest BCUT2D eigenvalue weighted by atomic mass is 79.9. The molecule has 0 atom stereocenters. The maximum atomic E-state index is 9.11. The van der Waals surface area contributed by atoms with Crippen molar-refractivity contribution in [2.45, 2.75) is 32.4 Å². The standard InChI is InChI=1S/C15H15BrN4/c16-12-5-4-11(8-17)14(7-12)18-9-13-10-20-6-2-1-3-15(20)19-13/h4-5,7,10,18H,1-3,6,9H2. The second-order valence-electron chi connectivity index (χ2n) is 4.95. The number of imidazole rings is 1. The van der Waals surface area contributed by atoms with Gasteiger partial charge < -0.3 is 9.88 Å². The van der Waals surface area contributed by atoms with Gasteiger partial charge in [0, 0.05) is 23.6 Å². The van der Waals surface area contributed by atoms with E-state index in [4.69, 9.17) is 5.26 Å². The van der Waals surface area contributed by atoms with Crippen LogP contribution in [0.4, 0.5) is 5.69 Å². The molecule has 0 amide bonds. The second kappa shape index (κ2) is 5.68. The van der Waals surface area contributed by atoms with E-state index in [0.29, 0.717) is 12.1 Å². The molecular formula is C15H15BrN4. The monoisotopic (exact) mass is 330 g/mol. The van der Waals surface area contributed by atoms with Crippen LogP contribution in [0.25, 0.3) is 0 Å². The second-order valence-corrected chi connectivity index (χ2v) is 5.87. The van der Waals surface area contributed by atoms with Crippen LogP contribution in [0.3, 0.4) is 0 Å². The molecule has 5 heteroatoms. The number of fused-ring (bicyclic) bond motifs is 1. The quantitative estimate of drug-likeness (QED) is 0.937. The lowest BCUT2D eigenvalue weighted by Gasteiger charge is -2.11. The van der Waals surface area contributed by atoms with Crippen LogP contribution in [0, 0.1) is 11.3 Å². The molecule has 0 fully saturated rings. The molecule has 20 heavy (non-hydrogen) atoms. The molecule has 0 saturated heterocycles. The van der Waals surface area contributed by atoms with Crippen LogP contribution in [0.15, 0.2) is 28.9 Å². The van der Waals surface area contributed by atoms with Gasteiger partial charge in [0.05, 0.1) is 23.5 Å². The first-order chi connectivity index (χ1) is 9.76. The molecule has 1 aromatic carbocycles. The predicted octanol–water partition coefficient (Wildman–Crippen LogP) is 3.47. The summed E-state index contributed by atoms with van der Waals surface area (Å²) in [7, 11) is 0. The van der Waals surface area contributed by atoms with Gasteiger partial charge in [0.2, 0.25) is 0 Å². The Bertz CT molecular complexity index is 645. The molecule has 1 aromatic heterocycles. The highest BCUT2D eigenvalue weighted by Gasteiger charge is 2.12. The van der Waals surface area contributed by atoms with E-state index in [2.05, 4.69) is 43.1 Å². The molecule has 2 heterocycles. The van der Waals surface area contributed by atoms with E-state index in [1.165, 1.54) is 18.7 Å². The Kier molecular flexibility index (Phi) is 3.75. The first-order valence-electron chi connectivity index (χ1n) is 6.75. The third-order valence-corrected chi connectivity index (χ3v) is 4.01. The van der Waals surface area contributed by atoms with Gasteiger partial charge in [-0.15, -0.1) is 0 Å². The first-order valence-corrected chi connectivity index (χ1v) is 7.54. The maximum Gasteiger partial charge on any atom is 0.109 e. The molecule has 1 aliphatic heterocycles. The number of benzene rings is 1.